The summed E-state index contributed by atoms with van der Waals surface area (Å²) in [6.45, 7) is 1.07. The Hall–Kier alpha value is -2.02. The Balaban J connectivity index is 1.90. The van der Waals surface area contributed by atoms with Gasteiger partial charge in [0.2, 0.25) is 11.8 Å². The van der Waals surface area contributed by atoms with Crippen molar-refractivity contribution in [2.24, 2.45) is 0 Å². The van der Waals surface area contributed by atoms with E-state index in [-0.39, 0.29) is 24.2 Å². The normalized spacial score (nSPS) is 26.1. The number of amides is 2. The van der Waals surface area contributed by atoms with Gasteiger partial charge in [0.25, 0.3) is 0 Å². The summed E-state index contributed by atoms with van der Waals surface area (Å²) in [5.41, 5.74) is -0.0226. The first-order valence-electron chi connectivity index (χ1n) is 8.48. The molecular formula is C18H22F2N2O3. The van der Waals surface area contributed by atoms with Crippen molar-refractivity contribution >= 4 is 11.8 Å². The summed E-state index contributed by atoms with van der Waals surface area (Å²) in [6, 6.07) is 3.80. The molecule has 2 amide bonds. The van der Waals surface area contributed by atoms with Crippen LogP contribution in [0.4, 0.5) is 8.78 Å². The zero-order valence-electron chi connectivity index (χ0n) is 14.2. The van der Waals surface area contributed by atoms with Crippen LogP contribution in [0, 0.1) is 11.6 Å². The van der Waals surface area contributed by atoms with Crippen molar-refractivity contribution in [2.45, 2.75) is 37.1 Å². The van der Waals surface area contributed by atoms with Gasteiger partial charge in [-0.3, -0.25) is 9.59 Å². The SMILES string of the molecule is COCCC(=O)N1C[C@@H](c2ccc(F)c(F)c2)[C@@]2(CCCC(=O)N2)C1. The van der Waals surface area contributed by atoms with Crippen molar-refractivity contribution in [1.82, 2.24) is 10.2 Å². The summed E-state index contributed by atoms with van der Waals surface area (Å²) in [5, 5.41) is 3.04. The molecule has 0 unspecified atom stereocenters. The van der Waals surface area contributed by atoms with E-state index in [1.807, 2.05) is 0 Å². The van der Waals surface area contributed by atoms with E-state index >= 15 is 0 Å². The number of carbonyl (C=O) groups excluding carboxylic acids is 2. The first kappa shape index (κ1) is 17.8. The van der Waals surface area contributed by atoms with E-state index in [1.54, 1.807) is 4.90 Å². The fraction of sp³-hybridized carbons (Fsp3) is 0.556. The van der Waals surface area contributed by atoms with Crippen LogP contribution in [0.3, 0.4) is 0 Å². The molecule has 0 bridgehead atoms. The van der Waals surface area contributed by atoms with Crippen molar-refractivity contribution in [3.8, 4) is 0 Å². The summed E-state index contributed by atoms with van der Waals surface area (Å²) in [6.07, 6.45) is 2.12. The van der Waals surface area contributed by atoms with Crippen LogP contribution in [0.15, 0.2) is 18.2 Å². The van der Waals surface area contributed by atoms with Gasteiger partial charge in [-0.2, -0.15) is 0 Å². The Labute approximate surface area is 145 Å². The third-order valence-electron chi connectivity index (χ3n) is 5.18. The molecule has 0 radical (unpaired) electrons. The fourth-order valence-electron chi connectivity index (χ4n) is 3.95. The molecule has 2 aliphatic heterocycles. The number of likely N-dealkylation sites (tertiary alicyclic amines) is 1. The van der Waals surface area contributed by atoms with Gasteiger partial charge >= 0.3 is 0 Å². The second-order valence-corrected chi connectivity index (χ2v) is 6.80. The predicted octanol–water partition coefficient (Wildman–Crippen LogP) is 1.97. The van der Waals surface area contributed by atoms with Gasteiger partial charge in [0.05, 0.1) is 18.6 Å². The van der Waals surface area contributed by atoms with Crippen LogP contribution < -0.4 is 5.32 Å². The molecule has 1 spiro atoms. The monoisotopic (exact) mass is 352 g/mol. The number of carbonyl (C=O) groups is 2. The van der Waals surface area contributed by atoms with E-state index < -0.39 is 17.2 Å². The van der Waals surface area contributed by atoms with E-state index in [9.17, 15) is 18.4 Å². The van der Waals surface area contributed by atoms with E-state index in [1.165, 1.54) is 19.2 Å². The minimum atomic E-state index is -0.918. The predicted molar refractivity (Wildman–Crippen MR) is 86.9 cm³/mol. The highest BCUT2D eigenvalue weighted by Gasteiger charge is 2.50. The molecule has 1 N–H and O–H groups in total. The molecule has 2 aliphatic rings. The van der Waals surface area contributed by atoms with Gasteiger partial charge in [0, 0.05) is 32.5 Å². The highest BCUT2D eigenvalue weighted by atomic mass is 19.2. The van der Waals surface area contributed by atoms with Crippen molar-refractivity contribution in [3.05, 3.63) is 35.4 Å². The average Bonchev–Trinajstić information content (AvgIpc) is 2.93. The van der Waals surface area contributed by atoms with Gasteiger partial charge in [-0.15, -0.1) is 0 Å². The number of rotatable bonds is 4. The van der Waals surface area contributed by atoms with Crippen molar-refractivity contribution in [2.75, 3.05) is 26.8 Å². The Kier molecular flexibility index (Phi) is 5.03. The van der Waals surface area contributed by atoms with Gasteiger partial charge in [-0.1, -0.05) is 6.07 Å². The highest BCUT2D eigenvalue weighted by Crippen LogP contribution is 2.41. The molecule has 5 nitrogen and oxygen atoms in total. The maximum atomic E-state index is 13.7. The first-order chi connectivity index (χ1) is 11.9. The number of piperidine rings is 1. The molecule has 7 heteroatoms. The molecular weight excluding hydrogens is 330 g/mol. The summed E-state index contributed by atoms with van der Waals surface area (Å²) in [4.78, 5) is 26.1. The summed E-state index contributed by atoms with van der Waals surface area (Å²) >= 11 is 0. The third kappa shape index (κ3) is 3.51. The smallest absolute Gasteiger partial charge is 0.224 e. The van der Waals surface area contributed by atoms with Crippen molar-refractivity contribution in [3.63, 3.8) is 0 Å². The topological polar surface area (TPSA) is 58.6 Å². The standard InChI is InChI=1S/C18H22F2N2O3/c1-25-8-6-17(24)22-10-13(12-4-5-14(19)15(20)9-12)18(11-22)7-2-3-16(23)21-18/h4-5,9,13H,2-3,6-8,10-11H2,1H3,(H,21,23)/t13-,18+/m0/s1. The molecule has 0 saturated carbocycles. The van der Waals surface area contributed by atoms with E-state index in [2.05, 4.69) is 5.32 Å². The number of ether oxygens (including phenoxy) is 1. The lowest BCUT2D eigenvalue weighted by Gasteiger charge is -2.39. The summed E-state index contributed by atoms with van der Waals surface area (Å²) in [5.74, 6) is -2.22. The molecule has 2 fully saturated rings. The highest BCUT2D eigenvalue weighted by molar-refractivity contribution is 5.80. The lowest BCUT2D eigenvalue weighted by atomic mass is 9.76. The Morgan fingerprint density at radius 2 is 2.20 bits per heavy atom. The molecule has 0 aromatic heterocycles. The van der Waals surface area contributed by atoms with Crippen LogP contribution >= 0.6 is 0 Å². The average molecular weight is 352 g/mol. The minimum absolute atomic E-state index is 0.0638. The zero-order chi connectivity index (χ0) is 18.0. The Bertz CT molecular complexity index is 682. The van der Waals surface area contributed by atoms with E-state index in [0.717, 1.165) is 6.07 Å². The number of hydrogen-bond donors (Lipinski definition) is 1. The van der Waals surface area contributed by atoms with E-state index in [4.69, 9.17) is 4.74 Å². The molecule has 2 atom stereocenters. The van der Waals surface area contributed by atoms with Crippen LogP contribution in [0.25, 0.3) is 0 Å². The molecule has 2 heterocycles. The zero-order valence-corrected chi connectivity index (χ0v) is 14.2. The van der Waals surface area contributed by atoms with Gasteiger partial charge in [0.1, 0.15) is 0 Å². The van der Waals surface area contributed by atoms with Gasteiger partial charge < -0.3 is 15.0 Å². The van der Waals surface area contributed by atoms with Crippen LogP contribution in [0.5, 0.6) is 0 Å². The third-order valence-corrected chi connectivity index (χ3v) is 5.18. The van der Waals surface area contributed by atoms with Gasteiger partial charge in [0.15, 0.2) is 11.6 Å². The fourth-order valence-corrected chi connectivity index (χ4v) is 3.95. The lowest BCUT2D eigenvalue weighted by molar-refractivity contribution is -0.132. The van der Waals surface area contributed by atoms with Crippen molar-refractivity contribution < 1.29 is 23.1 Å². The molecule has 3 rings (SSSR count). The molecule has 1 aromatic carbocycles. The molecule has 0 aliphatic carbocycles. The molecule has 2 saturated heterocycles. The number of methoxy groups -OCH3 is 1. The molecule has 25 heavy (non-hydrogen) atoms. The van der Waals surface area contributed by atoms with Gasteiger partial charge in [-0.25, -0.2) is 8.78 Å². The first-order valence-corrected chi connectivity index (χ1v) is 8.48. The second kappa shape index (κ2) is 7.07. The van der Waals surface area contributed by atoms with Crippen LogP contribution in [-0.2, 0) is 14.3 Å². The van der Waals surface area contributed by atoms with Crippen LogP contribution in [0.1, 0.15) is 37.2 Å². The number of hydrogen-bond acceptors (Lipinski definition) is 3. The van der Waals surface area contributed by atoms with Gasteiger partial charge in [-0.05, 0) is 30.5 Å². The number of halogens is 2. The summed E-state index contributed by atoms with van der Waals surface area (Å²) in [7, 11) is 1.53. The minimum Gasteiger partial charge on any atom is -0.384 e. The Morgan fingerprint density at radius 3 is 2.88 bits per heavy atom. The maximum absolute atomic E-state index is 13.7. The van der Waals surface area contributed by atoms with Crippen LogP contribution in [0.2, 0.25) is 0 Å². The number of nitrogens with zero attached hydrogens (tertiary/aromatic N) is 1. The molecule has 1 aromatic rings. The number of nitrogens with one attached hydrogen (secondary N) is 1. The maximum Gasteiger partial charge on any atom is 0.224 e. The summed E-state index contributed by atoms with van der Waals surface area (Å²) < 4.78 is 32.0. The van der Waals surface area contributed by atoms with E-state index in [0.29, 0.717) is 44.5 Å². The number of benzene rings is 1. The second-order valence-electron chi connectivity index (χ2n) is 6.80. The molecule has 136 valence electrons. The Morgan fingerprint density at radius 1 is 1.40 bits per heavy atom. The largest absolute Gasteiger partial charge is 0.384 e. The quantitative estimate of drug-likeness (QED) is 0.901. The van der Waals surface area contributed by atoms with Crippen LogP contribution in [-0.4, -0.2) is 49.1 Å². The lowest BCUT2D eigenvalue weighted by Crippen LogP contribution is -2.56. The van der Waals surface area contributed by atoms with Crippen molar-refractivity contribution in [1.29, 1.82) is 0 Å².